The van der Waals surface area contributed by atoms with Crippen molar-refractivity contribution in [1.82, 2.24) is 20.2 Å². The number of pyridine rings is 1. The summed E-state index contributed by atoms with van der Waals surface area (Å²) in [5.74, 6) is -0.815. The molecule has 0 spiro atoms. The third kappa shape index (κ3) is 3.73. The van der Waals surface area contributed by atoms with Crippen LogP contribution in [0.1, 0.15) is 34.6 Å². The van der Waals surface area contributed by atoms with Crippen LogP contribution in [0.25, 0.3) is 10.9 Å². The lowest BCUT2D eigenvalue weighted by Gasteiger charge is -2.32. The van der Waals surface area contributed by atoms with Crippen molar-refractivity contribution in [2.24, 2.45) is 0 Å². The van der Waals surface area contributed by atoms with Crippen LogP contribution in [0.5, 0.6) is 0 Å². The first-order valence-electron chi connectivity index (χ1n) is 9.28. The highest BCUT2D eigenvalue weighted by Crippen LogP contribution is 2.22. The lowest BCUT2D eigenvalue weighted by molar-refractivity contribution is 0.0904. The fraction of sp³-hybridized carbons (Fsp3) is 0.286. The number of H-pyrrole nitrogens is 1. The van der Waals surface area contributed by atoms with Crippen molar-refractivity contribution in [2.75, 3.05) is 13.1 Å². The minimum atomic E-state index is -0.582. The summed E-state index contributed by atoms with van der Waals surface area (Å²) in [5.41, 5.74) is 1.92. The Hall–Kier alpha value is -3.24. The summed E-state index contributed by atoms with van der Waals surface area (Å²) in [6.45, 7) is 2.59. The van der Waals surface area contributed by atoms with E-state index in [9.17, 15) is 9.18 Å². The van der Waals surface area contributed by atoms with Gasteiger partial charge in [-0.2, -0.15) is 5.26 Å². The number of fused-ring (bicyclic) bond motifs is 1. The molecule has 3 aromatic rings. The van der Waals surface area contributed by atoms with Crippen molar-refractivity contribution in [3.63, 3.8) is 0 Å². The number of nitriles is 1. The molecule has 1 saturated heterocycles. The summed E-state index contributed by atoms with van der Waals surface area (Å²) < 4.78 is 13.7. The molecule has 2 N–H and O–H groups in total. The summed E-state index contributed by atoms with van der Waals surface area (Å²) in [6.07, 6.45) is 3.51. The predicted octanol–water partition coefficient (Wildman–Crippen LogP) is 2.97. The van der Waals surface area contributed by atoms with Gasteiger partial charge in [0.05, 0.1) is 11.3 Å². The standard InChI is InChI=1S/C21H20FN5O/c22-18-4-5-19-16(17(18)12-23)11-20(26-19)21(28)25-14-6-9-27(10-7-14)13-15-3-1-2-8-24-15/h1-5,8,11,14,26H,6-7,9-10,13H2,(H,25,28). The summed E-state index contributed by atoms with van der Waals surface area (Å²) in [7, 11) is 0. The normalized spacial score (nSPS) is 15.4. The highest BCUT2D eigenvalue weighted by molar-refractivity contribution is 5.99. The number of carbonyl (C=O) groups is 1. The summed E-state index contributed by atoms with van der Waals surface area (Å²) in [6, 6.07) is 12.2. The van der Waals surface area contributed by atoms with Gasteiger partial charge in [0.2, 0.25) is 0 Å². The van der Waals surface area contributed by atoms with E-state index in [1.165, 1.54) is 6.07 Å². The number of likely N-dealkylation sites (tertiary alicyclic amines) is 1. The van der Waals surface area contributed by atoms with E-state index in [1.807, 2.05) is 24.3 Å². The fourth-order valence-electron chi connectivity index (χ4n) is 3.63. The number of nitrogens with zero attached hydrogens (tertiary/aromatic N) is 3. The second-order valence-corrected chi connectivity index (χ2v) is 7.02. The van der Waals surface area contributed by atoms with Crippen LogP contribution in [0.3, 0.4) is 0 Å². The number of nitrogens with one attached hydrogen (secondary N) is 2. The van der Waals surface area contributed by atoms with Crippen molar-refractivity contribution < 1.29 is 9.18 Å². The van der Waals surface area contributed by atoms with Gasteiger partial charge in [0.25, 0.3) is 5.91 Å². The van der Waals surface area contributed by atoms with Gasteiger partial charge in [0.1, 0.15) is 17.6 Å². The Balaban J connectivity index is 1.37. The number of hydrogen-bond donors (Lipinski definition) is 2. The summed E-state index contributed by atoms with van der Waals surface area (Å²) in [4.78, 5) is 22.3. The van der Waals surface area contributed by atoms with Crippen LogP contribution < -0.4 is 5.32 Å². The zero-order chi connectivity index (χ0) is 19.5. The number of amides is 1. The van der Waals surface area contributed by atoms with Gasteiger partial charge in [-0.25, -0.2) is 4.39 Å². The first-order valence-corrected chi connectivity index (χ1v) is 9.28. The average molecular weight is 377 g/mol. The van der Waals surface area contributed by atoms with Crippen LogP contribution in [0, 0.1) is 17.1 Å². The van der Waals surface area contributed by atoms with Crippen LogP contribution in [0.4, 0.5) is 4.39 Å². The molecule has 1 amide bonds. The van der Waals surface area contributed by atoms with Gasteiger partial charge in [0.15, 0.2) is 0 Å². The van der Waals surface area contributed by atoms with E-state index in [0.29, 0.717) is 16.6 Å². The van der Waals surface area contributed by atoms with Gasteiger partial charge in [-0.15, -0.1) is 0 Å². The molecule has 1 aromatic carbocycles. The fourth-order valence-corrected chi connectivity index (χ4v) is 3.63. The molecule has 2 aromatic heterocycles. The van der Waals surface area contributed by atoms with E-state index >= 15 is 0 Å². The molecule has 6 nitrogen and oxygen atoms in total. The van der Waals surface area contributed by atoms with Gasteiger partial charge in [-0.3, -0.25) is 14.7 Å². The monoisotopic (exact) mass is 377 g/mol. The molecule has 1 aliphatic heterocycles. The van der Waals surface area contributed by atoms with Crippen molar-refractivity contribution >= 4 is 16.8 Å². The summed E-state index contributed by atoms with van der Waals surface area (Å²) in [5, 5.41) is 12.6. The zero-order valence-corrected chi connectivity index (χ0v) is 15.3. The summed E-state index contributed by atoms with van der Waals surface area (Å²) >= 11 is 0. The van der Waals surface area contributed by atoms with Crippen LogP contribution in [0.15, 0.2) is 42.6 Å². The number of halogens is 1. The Labute approximate surface area is 162 Å². The molecule has 1 aliphatic rings. The predicted molar refractivity (Wildman–Crippen MR) is 103 cm³/mol. The molecule has 0 radical (unpaired) electrons. The van der Waals surface area contributed by atoms with E-state index in [1.54, 1.807) is 18.3 Å². The first kappa shape index (κ1) is 18.1. The Morgan fingerprint density at radius 2 is 2.14 bits per heavy atom. The van der Waals surface area contributed by atoms with Gasteiger partial charge >= 0.3 is 0 Å². The largest absolute Gasteiger partial charge is 0.350 e. The second-order valence-electron chi connectivity index (χ2n) is 7.02. The Morgan fingerprint density at radius 3 is 2.86 bits per heavy atom. The number of aromatic amines is 1. The quantitative estimate of drug-likeness (QED) is 0.732. The Kier molecular flexibility index (Phi) is 5.04. The number of hydrogen-bond acceptors (Lipinski definition) is 4. The number of rotatable bonds is 4. The van der Waals surface area contributed by atoms with Crippen LogP contribution in [-0.4, -0.2) is 39.9 Å². The van der Waals surface area contributed by atoms with E-state index in [-0.39, 0.29) is 17.5 Å². The smallest absolute Gasteiger partial charge is 0.267 e. The molecule has 0 bridgehead atoms. The molecule has 4 rings (SSSR count). The molecule has 28 heavy (non-hydrogen) atoms. The van der Waals surface area contributed by atoms with Crippen LogP contribution >= 0.6 is 0 Å². The molecular weight excluding hydrogens is 357 g/mol. The lowest BCUT2D eigenvalue weighted by Crippen LogP contribution is -2.44. The molecule has 0 unspecified atom stereocenters. The highest BCUT2D eigenvalue weighted by atomic mass is 19.1. The number of benzene rings is 1. The van der Waals surface area contributed by atoms with Crippen molar-refractivity contribution in [1.29, 1.82) is 5.26 Å². The minimum Gasteiger partial charge on any atom is -0.350 e. The van der Waals surface area contributed by atoms with E-state index < -0.39 is 5.82 Å². The first-order chi connectivity index (χ1) is 13.6. The van der Waals surface area contributed by atoms with Crippen LogP contribution in [-0.2, 0) is 6.54 Å². The minimum absolute atomic E-state index is 0.0457. The molecule has 0 saturated carbocycles. The topological polar surface area (TPSA) is 84.8 Å². The number of aromatic nitrogens is 2. The Morgan fingerprint density at radius 1 is 1.32 bits per heavy atom. The number of piperidine rings is 1. The maximum atomic E-state index is 13.7. The molecule has 3 heterocycles. The third-order valence-corrected chi connectivity index (χ3v) is 5.14. The molecule has 1 fully saturated rings. The van der Waals surface area contributed by atoms with Crippen molar-refractivity contribution in [2.45, 2.75) is 25.4 Å². The number of carbonyl (C=O) groups excluding carboxylic acids is 1. The van der Waals surface area contributed by atoms with Crippen molar-refractivity contribution in [3.05, 3.63) is 65.4 Å². The highest BCUT2D eigenvalue weighted by Gasteiger charge is 2.22. The van der Waals surface area contributed by atoms with Gasteiger partial charge < -0.3 is 10.3 Å². The Bertz CT molecular complexity index is 1030. The maximum absolute atomic E-state index is 13.7. The van der Waals surface area contributed by atoms with E-state index in [0.717, 1.165) is 38.2 Å². The third-order valence-electron chi connectivity index (χ3n) is 5.14. The van der Waals surface area contributed by atoms with Gasteiger partial charge in [0, 0.05) is 42.8 Å². The average Bonchev–Trinajstić information content (AvgIpc) is 3.15. The second kappa shape index (κ2) is 7.79. The molecule has 0 atom stereocenters. The van der Waals surface area contributed by atoms with Gasteiger partial charge in [-0.05, 0) is 43.2 Å². The molecule has 7 heteroatoms. The molecular formula is C21H20FN5O. The maximum Gasteiger partial charge on any atom is 0.267 e. The van der Waals surface area contributed by atoms with E-state index in [4.69, 9.17) is 5.26 Å². The van der Waals surface area contributed by atoms with Crippen LogP contribution in [0.2, 0.25) is 0 Å². The SMILES string of the molecule is N#Cc1c(F)ccc2[nH]c(C(=O)NC3CCN(Cc4ccccn4)CC3)cc12. The molecule has 142 valence electrons. The van der Waals surface area contributed by atoms with Crippen molar-refractivity contribution in [3.8, 4) is 6.07 Å². The molecule has 0 aliphatic carbocycles. The van der Waals surface area contributed by atoms with E-state index in [2.05, 4.69) is 20.2 Å². The lowest BCUT2D eigenvalue weighted by atomic mass is 10.0. The van der Waals surface area contributed by atoms with Gasteiger partial charge in [-0.1, -0.05) is 6.07 Å². The zero-order valence-electron chi connectivity index (χ0n) is 15.3.